The fourth-order valence-electron chi connectivity index (χ4n) is 2.67. The van der Waals surface area contributed by atoms with E-state index < -0.39 is 0 Å². The molecular formula is C14H31N3O. The molecule has 0 amide bonds. The van der Waals surface area contributed by atoms with Gasteiger partial charge < -0.3 is 15.7 Å². The summed E-state index contributed by atoms with van der Waals surface area (Å²) >= 11 is 0. The molecule has 3 N–H and O–H groups in total. The summed E-state index contributed by atoms with van der Waals surface area (Å²) in [6.07, 6.45) is 1.21. The molecular weight excluding hydrogens is 226 g/mol. The topological polar surface area (TPSA) is 52.7 Å². The average molecular weight is 257 g/mol. The number of aliphatic hydroxyl groups excluding tert-OH is 1. The maximum Gasteiger partial charge on any atom is 0.0602 e. The molecule has 108 valence electrons. The molecule has 0 saturated carbocycles. The third kappa shape index (κ3) is 4.19. The Morgan fingerprint density at radius 1 is 1.17 bits per heavy atom. The second-order valence-electron chi connectivity index (χ2n) is 6.52. The summed E-state index contributed by atoms with van der Waals surface area (Å²) in [6.45, 7) is 14.2. The largest absolute Gasteiger partial charge is 0.395 e. The summed E-state index contributed by atoms with van der Waals surface area (Å²) in [5.74, 6) is 0. The number of nitrogens with zero attached hydrogens (tertiary/aromatic N) is 2. The van der Waals surface area contributed by atoms with Crippen molar-refractivity contribution in [1.82, 2.24) is 9.80 Å². The molecule has 1 saturated heterocycles. The highest BCUT2D eigenvalue weighted by Crippen LogP contribution is 2.23. The van der Waals surface area contributed by atoms with Crippen LogP contribution in [0, 0.1) is 5.41 Å². The van der Waals surface area contributed by atoms with Crippen molar-refractivity contribution in [3.05, 3.63) is 0 Å². The van der Waals surface area contributed by atoms with E-state index in [0.29, 0.717) is 0 Å². The maximum absolute atomic E-state index is 9.65. The van der Waals surface area contributed by atoms with E-state index in [1.807, 2.05) is 0 Å². The first-order valence-corrected chi connectivity index (χ1v) is 7.23. The van der Waals surface area contributed by atoms with Crippen molar-refractivity contribution in [3.8, 4) is 0 Å². The smallest absolute Gasteiger partial charge is 0.0602 e. The quantitative estimate of drug-likeness (QED) is 0.763. The van der Waals surface area contributed by atoms with Crippen molar-refractivity contribution in [2.75, 3.05) is 39.3 Å². The summed E-state index contributed by atoms with van der Waals surface area (Å²) in [5, 5.41) is 9.65. The molecule has 2 atom stereocenters. The van der Waals surface area contributed by atoms with E-state index in [0.717, 1.165) is 26.2 Å². The SMILES string of the molecule is CCCN1CCN(C(CO)C(N)C(C)(C)C)CC1. The zero-order valence-corrected chi connectivity index (χ0v) is 12.5. The van der Waals surface area contributed by atoms with Gasteiger partial charge >= 0.3 is 0 Å². The Kier molecular flexibility index (Phi) is 6.05. The van der Waals surface area contributed by atoms with Crippen LogP contribution in [0.3, 0.4) is 0 Å². The van der Waals surface area contributed by atoms with E-state index >= 15 is 0 Å². The molecule has 0 spiro atoms. The lowest BCUT2D eigenvalue weighted by atomic mass is 9.82. The number of rotatable bonds is 5. The van der Waals surface area contributed by atoms with E-state index in [1.165, 1.54) is 13.0 Å². The Balaban J connectivity index is 2.53. The second-order valence-corrected chi connectivity index (χ2v) is 6.52. The zero-order valence-electron chi connectivity index (χ0n) is 12.5. The Bertz CT molecular complexity index is 232. The molecule has 18 heavy (non-hydrogen) atoms. The molecule has 0 aromatic carbocycles. The molecule has 4 nitrogen and oxygen atoms in total. The van der Waals surface area contributed by atoms with Crippen LogP contribution in [0.2, 0.25) is 0 Å². The number of hydrogen-bond acceptors (Lipinski definition) is 4. The minimum Gasteiger partial charge on any atom is -0.395 e. The number of nitrogens with two attached hydrogens (primary N) is 1. The molecule has 0 radical (unpaired) electrons. The lowest BCUT2D eigenvalue weighted by Gasteiger charge is -2.44. The van der Waals surface area contributed by atoms with Crippen LogP contribution in [0.1, 0.15) is 34.1 Å². The van der Waals surface area contributed by atoms with Crippen molar-refractivity contribution in [2.24, 2.45) is 11.1 Å². The highest BCUT2D eigenvalue weighted by atomic mass is 16.3. The lowest BCUT2D eigenvalue weighted by Crippen LogP contribution is -2.60. The van der Waals surface area contributed by atoms with Gasteiger partial charge in [0.25, 0.3) is 0 Å². The van der Waals surface area contributed by atoms with Gasteiger partial charge in [-0.15, -0.1) is 0 Å². The molecule has 1 fully saturated rings. The average Bonchev–Trinajstić information content (AvgIpc) is 2.31. The highest BCUT2D eigenvalue weighted by molar-refractivity contribution is 4.91. The van der Waals surface area contributed by atoms with Crippen molar-refractivity contribution >= 4 is 0 Å². The molecule has 4 heteroatoms. The monoisotopic (exact) mass is 257 g/mol. The number of aliphatic hydroxyl groups is 1. The standard InChI is InChI=1S/C14H31N3O/c1-5-6-16-7-9-17(10-8-16)12(11-18)13(15)14(2,3)4/h12-13,18H,5-11,15H2,1-4H3. The molecule has 1 aliphatic heterocycles. The minimum absolute atomic E-state index is 0.0141. The van der Waals surface area contributed by atoms with Crippen LogP contribution >= 0.6 is 0 Å². The van der Waals surface area contributed by atoms with Crippen molar-refractivity contribution in [2.45, 2.75) is 46.2 Å². The highest BCUT2D eigenvalue weighted by Gasteiger charge is 2.33. The first-order chi connectivity index (χ1) is 8.40. The van der Waals surface area contributed by atoms with Gasteiger partial charge in [-0.25, -0.2) is 0 Å². The predicted molar refractivity (Wildman–Crippen MR) is 76.6 cm³/mol. The Hall–Kier alpha value is -0.160. The van der Waals surface area contributed by atoms with Gasteiger partial charge in [0.1, 0.15) is 0 Å². The number of hydrogen-bond donors (Lipinski definition) is 2. The molecule has 1 aliphatic rings. The summed E-state index contributed by atoms with van der Waals surface area (Å²) in [4.78, 5) is 4.86. The summed E-state index contributed by atoms with van der Waals surface area (Å²) in [6, 6.07) is 0.106. The molecule has 0 bridgehead atoms. The predicted octanol–water partition coefficient (Wildman–Crippen LogP) is 0.748. The number of piperazine rings is 1. The van der Waals surface area contributed by atoms with E-state index in [4.69, 9.17) is 5.73 Å². The lowest BCUT2D eigenvalue weighted by molar-refractivity contribution is 0.0329. The van der Waals surface area contributed by atoms with Crippen molar-refractivity contribution in [1.29, 1.82) is 0 Å². The molecule has 0 aromatic heterocycles. The van der Waals surface area contributed by atoms with E-state index in [-0.39, 0.29) is 24.1 Å². The van der Waals surface area contributed by atoms with Gasteiger partial charge in [0.2, 0.25) is 0 Å². The van der Waals surface area contributed by atoms with Gasteiger partial charge in [0, 0.05) is 38.3 Å². The first-order valence-electron chi connectivity index (χ1n) is 7.23. The summed E-state index contributed by atoms with van der Waals surface area (Å²) < 4.78 is 0. The van der Waals surface area contributed by atoms with Crippen LogP contribution < -0.4 is 5.73 Å². The van der Waals surface area contributed by atoms with Gasteiger partial charge in [0.15, 0.2) is 0 Å². The van der Waals surface area contributed by atoms with Gasteiger partial charge in [-0.05, 0) is 18.4 Å². The molecule has 0 aliphatic carbocycles. The molecule has 1 heterocycles. The molecule has 1 rings (SSSR count). The van der Waals surface area contributed by atoms with Crippen molar-refractivity contribution < 1.29 is 5.11 Å². The third-order valence-electron chi connectivity index (χ3n) is 4.02. The fourth-order valence-corrected chi connectivity index (χ4v) is 2.67. The summed E-state index contributed by atoms with van der Waals surface area (Å²) in [5.41, 5.74) is 6.35. The Labute approximate surface area is 112 Å². The van der Waals surface area contributed by atoms with Crippen LogP contribution in [0.5, 0.6) is 0 Å². The molecule has 2 unspecified atom stereocenters. The fraction of sp³-hybridized carbons (Fsp3) is 1.00. The zero-order chi connectivity index (χ0) is 13.8. The van der Waals surface area contributed by atoms with Crippen LogP contribution in [0.4, 0.5) is 0 Å². The maximum atomic E-state index is 9.65. The normalized spacial score (nSPS) is 23.0. The van der Waals surface area contributed by atoms with Crippen LogP contribution in [0.25, 0.3) is 0 Å². The van der Waals surface area contributed by atoms with E-state index in [9.17, 15) is 5.11 Å². The summed E-state index contributed by atoms with van der Waals surface area (Å²) in [7, 11) is 0. The van der Waals surface area contributed by atoms with E-state index in [1.54, 1.807) is 0 Å². The van der Waals surface area contributed by atoms with Gasteiger partial charge in [-0.1, -0.05) is 27.7 Å². The third-order valence-corrected chi connectivity index (χ3v) is 4.02. The minimum atomic E-state index is 0.0141. The van der Waals surface area contributed by atoms with E-state index in [2.05, 4.69) is 37.5 Å². The van der Waals surface area contributed by atoms with Gasteiger partial charge in [0.05, 0.1) is 6.61 Å². The van der Waals surface area contributed by atoms with Gasteiger partial charge in [-0.3, -0.25) is 4.90 Å². The molecule has 0 aromatic rings. The van der Waals surface area contributed by atoms with Crippen molar-refractivity contribution in [3.63, 3.8) is 0 Å². The van der Waals surface area contributed by atoms with Gasteiger partial charge in [-0.2, -0.15) is 0 Å². The second kappa shape index (κ2) is 6.85. The van der Waals surface area contributed by atoms with Crippen LogP contribution in [-0.2, 0) is 0 Å². The first kappa shape index (κ1) is 15.9. The Morgan fingerprint density at radius 2 is 1.72 bits per heavy atom. The Morgan fingerprint density at radius 3 is 2.11 bits per heavy atom. The van der Waals surface area contributed by atoms with Crippen LogP contribution in [-0.4, -0.2) is 66.3 Å². The van der Waals surface area contributed by atoms with Crippen LogP contribution in [0.15, 0.2) is 0 Å².